The second-order valence-corrected chi connectivity index (χ2v) is 5.93. The first-order valence-electron chi connectivity index (χ1n) is 6.99. The van der Waals surface area contributed by atoms with Crippen LogP contribution < -0.4 is 11.2 Å². The molecule has 8 heteroatoms. The zero-order chi connectivity index (χ0) is 16.2. The molecule has 1 aliphatic rings. The number of nitrogens with zero attached hydrogens (tertiary/aromatic N) is 4. The zero-order valence-electron chi connectivity index (χ0n) is 13.2. The highest BCUT2D eigenvalue weighted by atomic mass is 16.7. The maximum atomic E-state index is 12.1. The van der Waals surface area contributed by atoms with Crippen LogP contribution in [0.4, 0.5) is 0 Å². The van der Waals surface area contributed by atoms with Gasteiger partial charge < -0.3 is 9.47 Å². The van der Waals surface area contributed by atoms with Gasteiger partial charge in [0, 0.05) is 14.1 Å². The van der Waals surface area contributed by atoms with Gasteiger partial charge in [0.05, 0.1) is 18.0 Å². The van der Waals surface area contributed by atoms with E-state index in [-0.39, 0.29) is 17.3 Å². The lowest BCUT2D eigenvalue weighted by Gasteiger charge is -2.16. The molecule has 0 amide bonds. The highest BCUT2D eigenvalue weighted by Crippen LogP contribution is 2.37. The van der Waals surface area contributed by atoms with E-state index in [0.717, 1.165) is 4.57 Å². The molecule has 0 unspecified atom stereocenters. The largest absolute Gasteiger partial charge is 0.344 e. The van der Waals surface area contributed by atoms with E-state index in [1.165, 1.54) is 17.8 Å². The lowest BCUT2D eigenvalue weighted by Crippen LogP contribution is -2.38. The Morgan fingerprint density at radius 2 is 1.86 bits per heavy atom. The Balaban J connectivity index is 2.19. The van der Waals surface area contributed by atoms with Crippen LogP contribution in [0.15, 0.2) is 15.8 Å². The molecule has 8 nitrogen and oxygen atoms in total. The van der Waals surface area contributed by atoms with Gasteiger partial charge in [-0.3, -0.25) is 13.9 Å². The van der Waals surface area contributed by atoms with Crippen molar-refractivity contribution < 1.29 is 9.47 Å². The molecule has 3 rings (SSSR count). The molecule has 0 N–H and O–H groups in total. The summed E-state index contributed by atoms with van der Waals surface area (Å²) in [6.45, 7) is 5.53. The average Bonchev–Trinajstić information content (AvgIpc) is 2.75. The van der Waals surface area contributed by atoms with Crippen molar-refractivity contribution in [2.24, 2.45) is 14.1 Å². The summed E-state index contributed by atoms with van der Waals surface area (Å²) in [5.41, 5.74) is 0.0224. The minimum absolute atomic E-state index is 0.152. The summed E-state index contributed by atoms with van der Waals surface area (Å²) in [7, 11) is 2.97. The predicted molar refractivity (Wildman–Crippen MR) is 78.5 cm³/mol. The predicted octanol–water partition coefficient (Wildman–Crippen LogP) is 0.240. The Labute approximate surface area is 126 Å². The molecule has 0 spiro atoms. The minimum atomic E-state index is -0.709. The SMILES string of the molecule is C[C@@H]1OC(C)(C)O[C@@H]1c1cnc2c(=O)n(C)c(=O)n(C)c2n1. The lowest BCUT2D eigenvalue weighted by atomic mass is 10.2. The second kappa shape index (κ2) is 4.72. The van der Waals surface area contributed by atoms with Crippen LogP contribution in [0.2, 0.25) is 0 Å². The van der Waals surface area contributed by atoms with Gasteiger partial charge in [0.1, 0.15) is 6.10 Å². The van der Waals surface area contributed by atoms with Gasteiger partial charge in [-0.15, -0.1) is 0 Å². The average molecular weight is 306 g/mol. The van der Waals surface area contributed by atoms with Crippen molar-refractivity contribution in [3.8, 4) is 0 Å². The quantitative estimate of drug-likeness (QED) is 0.750. The Hall–Kier alpha value is -2.06. The van der Waals surface area contributed by atoms with Gasteiger partial charge in [-0.05, 0) is 20.8 Å². The maximum absolute atomic E-state index is 12.1. The summed E-state index contributed by atoms with van der Waals surface area (Å²) in [5.74, 6) is -0.709. The maximum Gasteiger partial charge on any atom is 0.332 e. The second-order valence-electron chi connectivity index (χ2n) is 5.93. The monoisotopic (exact) mass is 306 g/mol. The van der Waals surface area contributed by atoms with Crippen LogP contribution in [-0.4, -0.2) is 31.0 Å². The summed E-state index contributed by atoms with van der Waals surface area (Å²) in [4.78, 5) is 32.7. The summed E-state index contributed by atoms with van der Waals surface area (Å²) < 4.78 is 13.8. The molecule has 1 aliphatic heterocycles. The number of aryl methyl sites for hydroxylation is 1. The fourth-order valence-corrected chi connectivity index (χ4v) is 2.72. The van der Waals surface area contributed by atoms with Crippen molar-refractivity contribution in [1.29, 1.82) is 0 Å². The fourth-order valence-electron chi connectivity index (χ4n) is 2.72. The number of rotatable bonds is 1. The summed E-state index contributed by atoms with van der Waals surface area (Å²) in [6, 6.07) is 0. The van der Waals surface area contributed by atoms with E-state index in [1.807, 2.05) is 20.8 Å². The van der Waals surface area contributed by atoms with Gasteiger partial charge in [0.2, 0.25) is 0 Å². The first-order chi connectivity index (χ1) is 10.2. The molecule has 2 aromatic heterocycles. The topological polar surface area (TPSA) is 88.2 Å². The van der Waals surface area contributed by atoms with Gasteiger partial charge >= 0.3 is 5.69 Å². The minimum Gasteiger partial charge on any atom is -0.344 e. The van der Waals surface area contributed by atoms with Crippen LogP contribution >= 0.6 is 0 Å². The molecule has 0 radical (unpaired) electrons. The van der Waals surface area contributed by atoms with Crippen molar-refractivity contribution in [2.45, 2.75) is 38.8 Å². The van der Waals surface area contributed by atoms with Gasteiger partial charge in [-0.2, -0.15) is 0 Å². The third-order valence-electron chi connectivity index (χ3n) is 3.77. The van der Waals surface area contributed by atoms with Gasteiger partial charge in [0.15, 0.2) is 17.0 Å². The van der Waals surface area contributed by atoms with Crippen LogP contribution in [0.25, 0.3) is 11.2 Å². The molecule has 0 aromatic carbocycles. The summed E-state index contributed by atoms with van der Waals surface area (Å²) in [6.07, 6.45) is 0.900. The first kappa shape index (κ1) is 14.9. The molecular weight excluding hydrogens is 288 g/mol. The van der Waals surface area contributed by atoms with Crippen molar-refractivity contribution >= 4 is 11.2 Å². The molecule has 0 aliphatic carbocycles. The van der Waals surface area contributed by atoms with Gasteiger partial charge in [0.25, 0.3) is 5.56 Å². The van der Waals surface area contributed by atoms with E-state index in [9.17, 15) is 9.59 Å². The molecule has 1 saturated heterocycles. The Kier molecular flexibility index (Phi) is 3.19. The van der Waals surface area contributed by atoms with Crippen LogP contribution in [0.5, 0.6) is 0 Å². The lowest BCUT2D eigenvalue weighted by molar-refractivity contribution is -0.145. The molecule has 0 saturated carbocycles. The van der Waals surface area contributed by atoms with Crippen LogP contribution in [0, 0.1) is 0 Å². The Morgan fingerprint density at radius 3 is 2.45 bits per heavy atom. The van der Waals surface area contributed by atoms with E-state index >= 15 is 0 Å². The highest BCUT2D eigenvalue weighted by Gasteiger charge is 2.40. The molecule has 22 heavy (non-hydrogen) atoms. The number of hydrogen-bond donors (Lipinski definition) is 0. The van der Waals surface area contributed by atoms with Crippen LogP contribution in [0.3, 0.4) is 0 Å². The number of fused-ring (bicyclic) bond motifs is 1. The van der Waals surface area contributed by atoms with E-state index in [0.29, 0.717) is 5.69 Å². The first-order valence-corrected chi connectivity index (χ1v) is 6.99. The number of hydrogen-bond acceptors (Lipinski definition) is 6. The molecule has 1 fully saturated rings. The van der Waals surface area contributed by atoms with Crippen molar-refractivity contribution in [1.82, 2.24) is 19.1 Å². The van der Waals surface area contributed by atoms with Crippen LogP contribution in [0.1, 0.15) is 32.6 Å². The number of ether oxygens (including phenoxy) is 2. The van der Waals surface area contributed by atoms with E-state index < -0.39 is 23.1 Å². The van der Waals surface area contributed by atoms with Gasteiger partial charge in [-0.25, -0.2) is 14.8 Å². The molecule has 118 valence electrons. The smallest absolute Gasteiger partial charge is 0.332 e. The fraction of sp³-hybridized carbons (Fsp3) is 0.571. The van der Waals surface area contributed by atoms with Crippen molar-refractivity contribution in [2.75, 3.05) is 0 Å². The molecule has 0 bridgehead atoms. The Morgan fingerprint density at radius 1 is 1.18 bits per heavy atom. The summed E-state index contributed by atoms with van der Waals surface area (Å²) >= 11 is 0. The van der Waals surface area contributed by atoms with Crippen LogP contribution in [-0.2, 0) is 23.6 Å². The molecular formula is C14H18N4O4. The van der Waals surface area contributed by atoms with Crippen molar-refractivity contribution in [3.05, 3.63) is 32.7 Å². The standard InChI is InChI=1S/C14H18N4O4/c1-7-10(22-14(2,3)21-7)8-6-15-9-11(16-8)17(4)13(20)18(5)12(9)19/h6-7,10H,1-5H3/t7-,10-/m0/s1. The summed E-state index contributed by atoms with van der Waals surface area (Å²) in [5, 5.41) is 0. The third kappa shape index (κ3) is 2.15. The number of aromatic nitrogens is 4. The van der Waals surface area contributed by atoms with Crippen molar-refractivity contribution in [3.63, 3.8) is 0 Å². The molecule has 2 aromatic rings. The van der Waals surface area contributed by atoms with E-state index in [2.05, 4.69) is 9.97 Å². The zero-order valence-corrected chi connectivity index (χ0v) is 13.2. The third-order valence-corrected chi connectivity index (χ3v) is 3.77. The van der Waals surface area contributed by atoms with Gasteiger partial charge in [-0.1, -0.05) is 0 Å². The Bertz CT molecular complexity index is 867. The molecule has 3 heterocycles. The van der Waals surface area contributed by atoms with E-state index in [1.54, 1.807) is 7.05 Å². The normalized spacial score (nSPS) is 24.0. The highest BCUT2D eigenvalue weighted by molar-refractivity contribution is 5.68. The van der Waals surface area contributed by atoms with E-state index in [4.69, 9.17) is 9.47 Å². The molecule has 2 atom stereocenters.